The maximum Gasteiger partial charge on any atom is 0.245 e. The van der Waals surface area contributed by atoms with Crippen LogP contribution in [-0.4, -0.2) is 31.3 Å². The Kier molecular flexibility index (Phi) is 4.45. The standard InChI is InChI=1S/C17H20N2O4S/c1-12-10-15(18-23-12)11-24(21,22)13(2)17(20)19-9-5-7-14-6-3-4-8-16(14)19/h3-4,6,8,10,13H,5,7,9,11H2,1-2H3/t13-/m0/s1. The smallest absolute Gasteiger partial charge is 0.245 e. The van der Waals surface area contributed by atoms with Crippen molar-refractivity contribution in [3.05, 3.63) is 47.3 Å². The maximum atomic E-state index is 12.8. The van der Waals surface area contributed by atoms with Crippen LogP contribution in [0.1, 0.15) is 30.4 Å². The third-order valence-electron chi connectivity index (χ3n) is 4.29. The number of carbonyl (C=O) groups is 1. The molecule has 1 aromatic carbocycles. The fourth-order valence-electron chi connectivity index (χ4n) is 2.95. The molecule has 0 bridgehead atoms. The zero-order valence-corrected chi connectivity index (χ0v) is 14.5. The van der Waals surface area contributed by atoms with E-state index in [0.29, 0.717) is 18.0 Å². The van der Waals surface area contributed by atoms with Gasteiger partial charge in [-0.3, -0.25) is 4.79 Å². The number of anilines is 1. The van der Waals surface area contributed by atoms with Crippen LogP contribution in [0.15, 0.2) is 34.9 Å². The van der Waals surface area contributed by atoms with Crippen molar-refractivity contribution in [2.75, 3.05) is 11.4 Å². The Morgan fingerprint density at radius 2 is 2.12 bits per heavy atom. The van der Waals surface area contributed by atoms with Crippen LogP contribution in [0, 0.1) is 6.92 Å². The van der Waals surface area contributed by atoms with Gasteiger partial charge >= 0.3 is 0 Å². The lowest BCUT2D eigenvalue weighted by Crippen LogP contribution is -2.44. The minimum Gasteiger partial charge on any atom is -0.361 e. The summed E-state index contributed by atoms with van der Waals surface area (Å²) in [5.74, 6) is -0.140. The molecule has 1 aromatic heterocycles. The Balaban J connectivity index is 1.82. The number of fused-ring (bicyclic) bond motifs is 1. The number of aromatic nitrogens is 1. The molecule has 0 saturated carbocycles. The average Bonchev–Trinajstić information content (AvgIpc) is 2.97. The zero-order chi connectivity index (χ0) is 17.3. The fourth-order valence-corrected chi connectivity index (χ4v) is 4.19. The van der Waals surface area contributed by atoms with Gasteiger partial charge < -0.3 is 9.42 Å². The average molecular weight is 348 g/mol. The second-order valence-corrected chi connectivity index (χ2v) is 8.42. The summed E-state index contributed by atoms with van der Waals surface area (Å²) in [5, 5.41) is 2.59. The number of carbonyl (C=O) groups excluding carboxylic acids is 1. The molecule has 0 spiro atoms. The number of para-hydroxylation sites is 1. The topological polar surface area (TPSA) is 80.5 Å². The van der Waals surface area contributed by atoms with Gasteiger partial charge in [0.1, 0.15) is 11.0 Å². The molecule has 0 radical (unpaired) electrons. The van der Waals surface area contributed by atoms with E-state index in [4.69, 9.17) is 4.52 Å². The monoisotopic (exact) mass is 348 g/mol. The second-order valence-electron chi connectivity index (χ2n) is 6.10. The molecular formula is C17H20N2O4S. The number of hydrogen-bond acceptors (Lipinski definition) is 5. The predicted molar refractivity (Wildman–Crippen MR) is 90.4 cm³/mol. The molecule has 0 fully saturated rings. The van der Waals surface area contributed by atoms with Crippen LogP contribution in [0.3, 0.4) is 0 Å². The van der Waals surface area contributed by atoms with Gasteiger partial charge in [-0.2, -0.15) is 0 Å². The van der Waals surface area contributed by atoms with Gasteiger partial charge in [-0.05, 0) is 38.3 Å². The molecule has 3 rings (SSSR count). The highest BCUT2D eigenvalue weighted by atomic mass is 32.2. The molecule has 0 saturated heterocycles. The van der Waals surface area contributed by atoms with E-state index in [-0.39, 0.29) is 11.7 Å². The van der Waals surface area contributed by atoms with Crippen molar-refractivity contribution < 1.29 is 17.7 Å². The van der Waals surface area contributed by atoms with E-state index in [9.17, 15) is 13.2 Å². The number of nitrogens with zero attached hydrogens (tertiary/aromatic N) is 2. The first-order chi connectivity index (χ1) is 11.4. The summed E-state index contributed by atoms with van der Waals surface area (Å²) in [6.07, 6.45) is 1.73. The van der Waals surface area contributed by atoms with Crippen LogP contribution < -0.4 is 4.90 Å². The predicted octanol–water partition coefficient (Wildman–Crippen LogP) is 2.27. The summed E-state index contributed by atoms with van der Waals surface area (Å²) in [6, 6.07) is 9.21. The summed E-state index contributed by atoms with van der Waals surface area (Å²) in [4.78, 5) is 14.4. The molecule has 128 valence electrons. The van der Waals surface area contributed by atoms with E-state index in [1.165, 1.54) is 6.92 Å². The lowest BCUT2D eigenvalue weighted by Gasteiger charge is -2.31. The van der Waals surface area contributed by atoms with Gasteiger partial charge in [-0.15, -0.1) is 0 Å². The molecule has 0 unspecified atom stereocenters. The van der Waals surface area contributed by atoms with Gasteiger partial charge in [-0.1, -0.05) is 23.4 Å². The Labute approximate surface area is 141 Å². The van der Waals surface area contributed by atoms with Gasteiger partial charge in [0.05, 0.1) is 11.4 Å². The highest BCUT2D eigenvalue weighted by Crippen LogP contribution is 2.28. The first-order valence-corrected chi connectivity index (χ1v) is 9.63. The summed E-state index contributed by atoms with van der Waals surface area (Å²) in [6.45, 7) is 3.68. The van der Waals surface area contributed by atoms with E-state index >= 15 is 0 Å². The van der Waals surface area contributed by atoms with Crippen LogP contribution in [0.5, 0.6) is 0 Å². The normalized spacial score (nSPS) is 15.8. The Bertz CT molecular complexity index is 857. The first-order valence-electron chi connectivity index (χ1n) is 7.91. The van der Waals surface area contributed by atoms with Gasteiger partial charge in [0.2, 0.25) is 5.91 Å². The van der Waals surface area contributed by atoms with Crippen LogP contribution in [-0.2, 0) is 26.8 Å². The van der Waals surface area contributed by atoms with Crippen molar-refractivity contribution in [2.24, 2.45) is 0 Å². The first kappa shape index (κ1) is 16.7. The third kappa shape index (κ3) is 3.21. The number of sulfone groups is 1. The van der Waals surface area contributed by atoms with E-state index in [1.54, 1.807) is 17.9 Å². The van der Waals surface area contributed by atoms with Crippen LogP contribution in [0.4, 0.5) is 5.69 Å². The lowest BCUT2D eigenvalue weighted by molar-refractivity contribution is -0.118. The van der Waals surface area contributed by atoms with Crippen LogP contribution in [0.25, 0.3) is 0 Å². The molecule has 0 N–H and O–H groups in total. The minimum absolute atomic E-state index is 0.299. The molecule has 2 aromatic rings. The van der Waals surface area contributed by atoms with Crippen LogP contribution >= 0.6 is 0 Å². The molecule has 1 atom stereocenters. The quantitative estimate of drug-likeness (QED) is 0.847. The molecule has 6 nitrogen and oxygen atoms in total. The maximum absolute atomic E-state index is 12.8. The van der Waals surface area contributed by atoms with Crippen molar-refractivity contribution in [2.45, 2.75) is 37.7 Å². The van der Waals surface area contributed by atoms with E-state index in [1.807, 2.05) is 24.3 Å². The number of rotatable bonds is 4. The summed E-state index contributed by atoms with van der Waals surface area (Å²) < 4.78 is 30.1. The zero-order valence-electron chi connectivity index (χ0n) is 13.7. The summed E-state index contributed by atoms with van der Waals surface area (Å²) in [7, 11) is -3.66. The second kappa shape index (κ2) is 6.39. The largest absolute Gasteiger partial charge is 0.361 e. The van der Waals surface area contributed by atoms with Crippen molar-refractivity contribution in [3.8, 4) is 0 Å². The van der Waals surface area contributed by atoms with E-state index in [2.05, 4.69) is 5.16 Å². The van der Waals surface area contributed by atoms with Gasteiger partial charge in [-0.25, -0.2) is 8.42 Å². The van der Waals surface area contributed by atoms with E-state index in [0.717, 1.165) is 24.1 Å². The molecule has 1 aliphatic rings. The van der Waals surface area contributed by atoms with Crippen molar-refractivity contribution in [1.82, 2.24) is 5.16 Å². The fraction of sp³-hybridized carbons (Fsp3) is 0.412. The van der Waals surface area contributed by atoms with Gasteiger partial charge in [0.15, 0.2) is 9.84 Å². The third-order valence-corrected chi connectivity index (χ3v) is 6.27. The lowest BCUT2D eigenvalue weighted by atomic mass is 10.0. The number of aryl methyl sites for hydroxylation is 2. The van der Waals surface area contributed by atoms with Crippen molar-refractivity contribution >= 4 is 21.4 Å². The molecule has 7 heteroatoms. The van der Waals surface area contributed by atoms with Gasteiger partial charge in [0, 0.05) is 18.3 Å². The molecule has 1 amide bonds. The molecule has 0 aliphatic carbocycles. The number of benzene rings is 1. The highest BCUT2D eigenvalue weighted by molar-refractivity contribution is 7.92. The molecule has 2 heterocycles. The van der Waals surface area contributed by atoms with Crippen molar-refractivity contribution in [1.29, 1.82) is 0 Å². The van der Waals surface area contributed by atoms with Gasteiger partial charge in [0.25, 0.3) is 0 Å². The number of amides is 1. The van der Waals surface area contributed by atoms with Crippen molar-refractivity contribution in [3.63, 3.8) is 0 Å². The Hall–Kier alpha value is -2.15. The minimum atomic E-state index is -3.66. The Morgan fingerprint density at radius 1 is 1.38 bits per heavy atom. The van der Waals surface area contributed by atoms with Crippen LogP contribution in [0.2, 0.25) is 0 Å². The summed E-state index contributed by atoms with van der Waals surface area (Å²) >= 11 is 0. The Morgan fingerprint density at radius 3 is 2.83 bits per heavy atom. The molecule has 1 aliphatic heterocycles. The molecule has 24 heavy (non-hydrogen) atoms. The summed E-state index contributed by atoms with van der Waals surface area (Å²) in [5.41, 5.74) is 2.22. The molecular weight excluding hydrogens is 328 g/mol. The number of hydrogen-bond donors (Lipinski definition) is 0. The SMILES string of the molecule is Cc1cc(CS(=O)(=O)[C@@H](C)C(=O)N2CCCc3ccccc32)no1. The highest BCUT2D eigenvalue weighted by Gasteiger charge is 2.34. The van der Waals surface area contributed by atoms with E-state index < -0.39 is 15.1 Å².